The minimum Gasteiger partial charge on any atom is -0.416 e. The van der Waals surface area contributed by atoms with Crippen LogP contribution in [0.5, 0.6) is 0 Å². The van der Waals surface area contributed by atoms with Gasteiger partial charge in [0.1, 0.15) is 12.2 Å². The van der Waals surface area contributed by atoms with Crippen LogP contribution in [0.1, 0.15) is 48.0 Å². The molecule has 6 nitrogen and oxygen atoms in total. The van der Waals surface area contributed by atoms with Gasteiger partial charge in [0.15, 0.2) is 14.1 Å². The van der Waals surface area contributed by atoms with E-state index in [1.807, 2.05) is 0 Å². The predicted molar refractivity (Wildman–Crippen MR) is 104 cm³/mol. The molecule has 0 spiro atoms. The molecule has 2 fully saturated rings. The van der Waals surface area contributed by atoms with Crippen molar-refractivity contribution in [3.63, 3.8) is 0 Å². The SMILES string of the molecule is CC(C)C(C)(C)[Si](C)(C)OC[C@H]1C[C@H](OS(=O)(=O)C(F)(F)F)C2OC(C)(C)O[C@@H]21. The summed E-state index contributed by atoms with van der Waals surface area (Å²) in [5.74, 6) is -0.981. The van der Waals surface area contributed by atoms with Crippen molar-refractivity contribution in [2.75, 3.05) is 6.61 Å². The van der Waals surface area contributed by atoms with E-state index >= 15 is 0 Å². The van der Waals surface area contributed by atoms with Gasteiger partial charge in [0.05, 0.1) is 6.10 Å². The maximum atomic E-state index is 12.8. The molecule has 2 rings (SSSR count). The van der Waals surface area contributed by atoms with Gasteiger partial charge in [0, 0.05) is 12.5 Å². The molecule has 1 heterocycles. The molecule has 1 aliphatic heterocycles. The highest BCUT2D eigenvalue weighted by molar-refractivity contribution is 7.87. The number of alkyl halides is 3. The van der Waals surface area contributed by atoms with Crippen LogP contribution in [0.2, 0.25) is 18.1 Å². The molecule has 1 aliphatic carbocycles. The summed E-state index contributed by atoms with van der Waals surface area (Å²) in [6.07, 6.45) is -2.72. The van der Waals surface area contributed by atoms with E-state index in [-0.39, 0.29) is 24.0 Å². The van der Waals surface area contributed by atoms with Gasteiger partial charge >= 0.3 is 15.6 Å². The molecule has 0 aromatic carbocycles. The Morgan fingerprint density at radius 3 is 2.14 bits per heavy atom. The van der Waals surface area contributed by atoms with Gasteiger partial charge < -0.3 is 13.9 Å². The Balaban J connectivity index is 2.17. The Hall–Kier alpha value is -0.203. The summed E-state index contributed by atoms with van der Waals surface area (Å²) >= 11 is 0. The molecule has 11 heteroatoms. The van der Waals surface area contributed by atoms with Gasteiger partial charge in [-0.05, 0) is 44.3 Å². The lowest BCUT2D eigenvalue weighted by molar-refractivity contribution is -0.166. The zero-order valence-electron chi connectivity index (χ0n) is 18.3. The summed E-state index contributed by atoms with van der Waals surface area (Å²) in [5.41, 5.74) is -5.48. The number of rotatable bonds is 7. The third-order valence-electron chi connectivity index (χ3n) is 6.72. The van der Waals surface area contributed by atoms with Crippen molar-refractivity contribution in [1.82, 2.24) is 0 Å². The normalized spacial score (nSPS) is 30.8. The molecule has 1 saturated carbocycles. The van der Waals surface area contributed by atoms with Crippen molar-refractivity contribution in [1.29, 1.82) is 0 Å². The topological polar surface area (TPSA) is 71.1 Å². The van der Waals surface area contributed by atoms with Gasteiger partial charge in [-0.1, -0.05) is 27.7 Å². The summed E-state index contributed by atoms with van der Waals surface area (Å²) in [4.78, 5) is 0. The van der Waals surface area contributed by atoms with Crippen LogP contribution in [0, 0.1) is 11.8 Å². The fraction of sp³-hybridized carbons (Fsp3) is 1.00. The van der Waals surface area contributed by atoms with E-state index in [1.165, 1.54) is 0 Å². The summed E-state index contributed by atoms with van der Waals surface area (Å²) in [6.45, 7) is 16.3. The zero-order chi connectivity index (χ0) is 22.6. The highest BCUT2D eigenvalue weighted by atomic mass is 32.2. The summed E-state index contributed by atoms with van der Waals surface area (Å²) in [6, 6.07) is 0. The fourth-order valence-corrected chi connectivity index (χ4v) is 6.72. The van der Waals surface area contributed by atoms with Crippen molar-refractivity contribution >= 4 is 18.4 Å². The van der Waals surface area contributed by atoms with Crippen LogP contribution >= 0.6 is 0 Å². The van der Waals surface area contributed by atoms with Crippen LogP contribution in [0.25, 0.3) is 0 Å². The molecule has 172 valence electrons. The minimum atomic E-state index is -5.73. The Morgan fingerprint density at radius 1 is 1.14 bits per heavy atom. The van der Waals surface area contributed by atoms with Gasteiger partial charge in [-0.2, -0.15) is 21.6 Å². The molecule has 0 amide bonds. The Labute approximate surface area is 172 Å². The summed E-state index contributed by atoms with van der Waals surface area (Å²) < 4.78 is 83.8. The highest BCUT2D eigenvalue weighted by Gasteiger charge is 2.58. The molecule has 29 heavy (non-hydrogen) atoms. The van der Waals surface area contributed by atoms with E-state index in [4.69, 9.17) is 13.9 Å². The third-order valence-corrected chi connectivity index (χ3v) is 12.4. The molecule has 0 N–H and O–H groups in total. The maximum absolute atomic E-state index is 12.8. The van der Waals surface area contributed by atoms with Crippen LogP contribution in [0.15, 0.2) is 0 Å². The number of hydrogen-bond donors (Lipinski definition) is 0. The second-order valence-electron chi connectivity index (χ2n) is 9.79. The predicted octanol–water partition coefficient (Wildman–Crippen LogP) is 4.42. The minimum absolute atomic E-state index is 0.0349. The van der Waals surface area contributed by atoms with Crippen LogP contribution in [-0.2, 0) is 28.2 Å². The van der Waals surface area contributed by atoms with E-state index in [0.717, 1.165) is 0 Å². The van der Waals surface area contributed by atoms with Crippen LogP contribution in [0.4, 0.5) is 13.2 Å². The molecule has 2 aliphatic rings. The Kier molecular flexibility index (Phi) is 6.68. The molecule has 4 atom stereocenters. The molecule has 0 aromatic rings. The van der Waals surface area contributed by atoms with Crippen molar-refractivity contribution < 1.29 is 39.7 Å². The number of hydrogen-bond acceptors (Lipinski definition) is 6. The highest BCUT2D eigenvalue weighted by Crippen LogP contribution is 2.47. The van der Waals surface area contributed by atoms with Crippen LogP contribution in [-0.4, -0.2) is 52.9 Å². The standard InChI is InChI=1S/C18H33F3O6SSi/c1-11(2)16(3,4)29(7,8)24-10-12-9-13(27-28(22,23)18(19,20)21)15-14(12)25-17(5,6)26-15/h11-15H,9-10H2,1-8H3/t12-,13+,14-,15?/m1/s1. The largest absolute Gasteiger partial charge is 0.523 e. The van der Waals surface area contributed by atoms with Gasteiger partial charge in [0.2, 0.25) is 0 Å². The van der Waals surface area contributed by atoms with E-state index in [2.05, 4.69) is 45.0 Å². The van der Waals surface area contributed by atoms with Crippen molar-refractivity contribution in [2.45, 2.75) is 95.7 Å². The van der Waals surface area contributed by atoms with Gasteiger partial charge in [-0.3, -0.25) is 4.18 Å². The first-order valence-electron chi connectivity index (χ1n) is 9.80. The third kappa shape index (κ3) is 5.00. The quantitative estimate of drug-likeness (QED) is 0.317. The first kappa shape index (κ1) is 25.1. The second kappa shape index (κ2) is 7.74. The molecule has 0 bridgehead atoms. The number of halogens is 3. The van der Waals surface area contributed by atoms with Crippen molar-refractivity contribution in [2.24, 2.45) is 11.8 Å². The monoisotopic (exact) mass is 462 g/mol. The van der Waals surface area contributed by atoms with Gasteiger partial charge in [0.25, 0.3) is 0 Å². The molecular weight excluding hydrogens is 429 g/mol. The number of fused-ring (bicyclic) bond motifs is 1. The lowest BCUT2D eigenvalue weighted by atomic mass is 9.99. The second-order valence-corrected chi connectivity index (χ2v) is 16.0. The van der Waals surface area contributed by atoms with Crippen LogP contribution < -0.4 is 0 Å². The van der Waals surface area contributed by atoms with E-state index in [0.29, 0.717) is 5.92 Å². The lowest BCUT2D eigenvalue weighted by Gasteiger charge is -2.43. The van der Waals surface area contributed by atoms with Crippen molar-refractivity contribution in [3.8, 4) is 0 Å². The molecular formula is C18H33F3O6SSi. The molecule has 0 radical (unpaired) electrons. The van der Waals surface area contributed by atoms with Crippen molar-refractivity contribution in [3.05, 3.63) is 0 Å². The lowest BCUT2D eigenvalue weighted by Crippen LogP contribution is -2.46. The van der Waals surface area contributed by atoms with Gasteiger partial charge in [-0.15, -0.1) is 0 Å². The first-order chi connectivity index (χ1) is 12.8. The average molecular weight is 463 g/mol. The Bertz CT molecular complexity index is 705. The molecule has 0 aromatic heterocycles. The molecule has 1 unspecified atom stereocenters. The summed E-state index contributed by atoms with van der Waals surface area (Å²) in [5, 5.41) is -0.0349. The van der Waals surface area contributed by atoms with E-state index < -0.39 is 48.0 Å². The van der Waals surface area contributed by atoms with E-state index in [1.54, 1.807) is 13.8 Å². The average Bonchev–Trinajstić information content (AvgIpc) is 2.98. The number of ether oxygens (including phenoxy) is 2. The Morgan fingerprint density at radius 2 is 1.66 bits per heavy atom. The summed E-state index contributed by atoms with van der Waals surface area (Å²) in [7, 11) is -7.90. The van der Waals surface area contributed by atoms with Gasteiger partial charge in [-0.25, -0.2) is 0 Å². The smallest absolute Gasteiger partial charge is 0.416 e. The fourth-order valence-electron chi connectivity index (χ4n) is 3.71. The molecule has 1 saturated heterocycles. The van der Waals surface area contributed by atoms with E-state index in [9.17, 15) is 21.6 Å². The zero-order valence-corrected chi connectivity index (χ0v) is 20.1. The first-order valence-corrected chi connectivity index (χ1v) is 14.1. The van der Waals surface area contributed by atoms with Crippen LogP contribution in [0.3, 0.4) is 0 Å². The maximum Gasteiger partial charge on any atom is 0.523 e.